The standard InChI is InChI=1S/C3H7BS2/c1-6-4-2-3-5-6/h2-3H2,1H3/q+1. The molecule has 1 atom stereocenters. The monoisotopic (exact) mass is 118 g/mol. The van der Waals surface area contributed by atoms with E-state index in [9.17, 15) is 0 Å². The van der Waals surface area contributed by atoms with Gasteiger partial charge in [0.2, 0.25) is 0 Å². The second-order valence-corrected chi connectivity index (χ2v) is 5.53. The Bertz CT molecular complexity index is 42.1. The van der Waals surface area contributed by atoms with Crippen LogP contribution in [0.25, 0.3) is 0 Å². The fourth-order valence-electron chi connectivity index (χ4n) is 0.442. The van der Waals surface area contributed by atoms with E-state index in [1.807, 2.05) is 0 Å². The molecule has 0 amide bonds. The highest BCUT2D eigenvalue weighted by Crippen LogP contribution is 2.21. The van der Waals surface area contributed by atoms with Gasteiger partial charge in [0.25, 0.3) is 0 Å². The van der Waals surface area contributed by atoms with Crippen LogP contribution < -0.4 is 0 Å². The highest BCUT2D eigenvalue weighted by Gasteiger charge is 2.23. The SMILES string of the molecule is C[S+]1[B]CCS1. The Morgan fingerprint density at radius 3 is 2.83 bits per heavy atom. The molecule has 1 rings (SSSR count). The van der Waals surface area contributed by atoms with Crippen molar-refractivity contribution in [1.82, 2.24) is 0 Å². The third-order valence-corrected chi connectivity index (χ3v) is 4.24. The van der Waals surface area contributed by atoms with Gasteiger partial charge in [-0.05, 0) is 16.1 Å². The quantitative estimate of drug-likeness (QED) is 0.259. The van der Waals surface area contributed by atoms with Crippen LogP contribution in [0, 0.1) is 0 Å². The minimum atomic E-state index is 0.619. The van der Waals surface area contributed by atoms with Crippen LogP contribution in [0.5, 0.6) is 0 Å². The van der Waals surface area contributed by atoms with Gasteiger partial charge in [-0.15, -0.1) is 0 Å². The summed E-state index contributed by atoms with van der Waals surface area (Å²) in [5.41, 5.74) is 0. The first-order valence-corrected chi connectivity index (χ1v) is 5.21. The van der Waals surface area contributed by atoms with Gasteiger partial charge in [-0.3, -0.25) is 0 Å². The molecule has 0 N–H and O–H groups in total. The van der Waals surface area contributed by atoms with E-state index in [0.717, 1.165) is 0 Å². The lowest BCUT2D eigenvalue weighted by atomic mass is 10.1. The molecule has 1 unspecified atom stereocenters. The average Bonchev–Trinajstić information content (AvgIpc) is 1.86. The van der Waals surface area contributed by atoms with E-state index in [2.05, 4.69) is 23.6 Å². The van der Waals surface area contributed by atoms with Crippen LogP contribution >= 0.6 is 10.8 Å². The summed E-state index contributed by atoms with van der Waals surface area (Å²) in [7, 11) is 2.69. The van der Waals surface area contributed by atoms with Crippen LogP contribution in [0.4, 0.5) is 0 Å². The normalized spacial score (nSPS) is 33.2. The molecule has 1 aliphatic rings. The van der Waals surface area contributed by atoms with E-state index in [1.165, 1.54) is 12.1 Å². The minimum absolute atomic E-state index is 0.619. The smallest absolute Gasteiger partial charge is 0.0180 e. The molecule has 1 fully saturated rings. The molecule has 1 saturated heterocycles. The van der Waals surface area contributed by atoms with E-state index in [-0.39, 0.29) is 0 Å². The molecular formula is C3H7BS2+. The van der Waals surface area contributed by atoms with Gasteiger partial charge in [-0.1, -0.05) is 0 Å². The summed E-state index contributed by atoms with van der Waals surface area (Å²) in [5, 5.41) is 0. The number of hydrogen-bond acceptors (Lipinski definition) is 1. The van der Waals surface area contributed by atoms with Gasteiger partial charge < -0.3 is 0 Å². The van der Waals surface area contributed by atoms with Crippen LogP contribution in [0.15, 0.2) is 0 Å². The van der Waals surface area contributed by atoms with Crippen molar-refractivity contribution in [2.75, 3.05) is 12.0 Å². The predicted molar refractivity (Wildman–Crippen MR) is 36.3 cm³/mol. The highest BCUT2D eigenvalue weighted by atomic mass is 33.1. The Hall–Kier alpha value is 0.765. The van der Waals surface area contributed by atoms with Crippen molar-refractivity contribution in [3.05, 3.63) is 0 Å². The van der Waals surface area contributed by atoms with E-state index in [4.69, 9.17) is 0 Å². The zero-order chi connectivity index (χ0) is 4.41. The summed E-state index contributed by atoms with van der Waals surface area (Å²) in [5.74, 6) is 1.36. The molecule has 0 aromatic carbocycles. The first kappa shape index (κ1) is 4.91. The molecule has 0 bridgehead atoms. The lowest BCUT2D eigenvalue weighted by Gasteiger charge is -1.78. The zero-order valence-corrected chi connectivity index (χ0v) is 5.44. The van der Waals surface area contributed by atoms with Gasteiger partial charge in [0, 0.05) is 5.75 Å². The molecule has 6 heavy (non-hydrogen) atoms. The molecule has 0 aromatic rings. The van der Waals surface area contributed by atoms with Crippen LogP contribution in [0.3, 0.4) is 0 Å². The van der Waals surface area contributed by atoms with E-state index in [1.54, 1.807) is 0 Å². The van der Waals surface area contributed by atoms with Gasteiger partial charge in [-0.2, -0.15) is 0 Å². The molecule has 0 spiro atoms. The Labute approximate surface area is 46.0 Å². The van der Waals surface area contributed by atoms with E-state index < -0.39 is 0 Å². The predicted octanol–water partition coefficient (Wildman–Crippen LogP) is 0.934. The van der Waals surface area contributed by atoms with Gasteiger partial charge in [0.15, 0.2) is 0 Å². The Morgan fingerprint density at radius 1 is 1.83 bits per heavy atom. The molecule has 1 heterocycles. The number of hydrogen-bond donors (Lipinski definition) is 0. The van der Waals surface area contributed by atoms with Crippen LogP contribution in [-0.4, -0.2) is 18.6 Å². The van der Waals surface area contributed by atoms with Crippen molar-refractivity contribution in [1.29, 1.82) is 0 Å². The molecular weight excluding hydrogens is 111 g/mol. The summed E-state index contributed by atoms with van der Waals surface area (Å²) >= 11 is 0. The van der Waals surface area contributed by atoms with Gasteiger partial charge in [0.05, 0.1) is 17.0 Å². The molecule has 1 radical (unpaired) electrons. The molecule has 0 nitrogen and oxygen atoms in total. The first-order valence-electron chi connectivity index (χ1n) is 2.01. The van der Waals surface area contributed by atoms with Gasteiger partial charge in [0.1, 0.15) is 0 Å². The average molecular weight is 118 g/mol. The molecule has 0 aromatic heterocycles. The van der Waals surface area contributed by atoms with E-state index >= 15 is 0 Å². The fourth-order valence-corrected chi connectivity index (χ4v) is 3.27. The van der Waals surface area contributed by atoms with Crippen molar-refractivity contribution in [2.45, 2.75) is 6.32 Å². The minimum Gasteiger partial charge on any atom is -0.0180 e. The summed E-state index contributed by atoms with van der Waals surface area (Å²) in [6, 6.07) is 0. The molecule has 1 aliphatic heterocycles. The fraction of sp³-hybridized carbons (Fsp3) is 1.00. The molecule has 33 valence electrons. The first-order chi connectivity index (χ1) is 2.89. The van der Waals surface area contributed by atoms with E-state index in [0.29, 0.717) is 9.78 Å². The van der Waals surface area contributed by atoms with Crippen LogP contribution in [0.2, 0.25) is 6.32 Å². The summed E-state index contributed by atoms with van der Waals surface area (Å²) in [6.07, 6.45) is 3.61. The maximum Gasteiger partial charge on any atom is 0.458 e. The second kappa shape index (κ2) is 2.17. The van der Waals surface area contributed by atoms with Crippen molar-refractivity contribution < 1.29 is 0 Å². The van der Waals surface area contributed by atoms with Crippen molar-refractivity contribution in [2.24, 2.45) is 0 Å². The summed E-state index contributed by atoms with van der Waals surface area (Å²) in [4.78, 5) is 0. The summed E-state index contributed by atoms with van der Waals surface area (Å²) in [6.45, 7) is 2.39. The molecule has 0 aliphatic carbocycles. The Morgan fingerprint density at radius 2 is 2.67 bits per heavy atom. The van der Waals surface area contributed by atoms with Crippen molar-refractivity contribution in [3.8, 4) is 0 Å². The van der Waals surface area contributed by atoms with Gasteiger partial charge in [-0.25, -0.2) is 0 Å². The van der Waals surface area contributed by atoms with Crippen molar-refractivity contribution >= 4 is 27.1 Å². The lowest BCUT2D eigenvalue weighted by molar-refractivity contribution is 1.52. The third-order valence-electron chi connectivity index (χ3n) is 0.740. The van der Waals surface area contributed by atoms with Crippen molar-refractivity contribution in [3.63, 3.8) is 0 Å². The Balaban J connectivity index is 2.18. The lowest BCUT2D eigenvalue weighted by Crippen LogP contribution is -1.92. The third kappa shape index (κ3) is 1.12. The van der Waals surface area contributed by atoms with Crippen LogP contribution in [-0.2, 0) is 9.78 Å². The summed E-state index contributed by atoms with van der Waals surface area (Å²) < 4.78 is 0. The number of rotatable bonds is 0. The highest BCUT2D eigenvalue weighted by molar-refractivity contribution is 8.83. The maximum atomic E-state index is 2.39. The maximum absolute atomic E-state index is 2.39. The topological polar surface area (TPSA) is 0 Å². The largest absolute Gasteiger partial charge is 0.458 e. The molecule has 0 saturated carbocycles. The zero-order valence-electron chi connectivity index (χ0n) is 3.81. The van der Waals surface area contributed by atoms with Gasteiger partial charge >= 0.3 is 6.56 Å². The molecule has 3 heteroatoms. The van der Waals surface area contributed by atoms with Crippen LogP contribution in [0.1, 0.15) is 0 Å². The second-order valence-electron chi connectivity index (χ2n) is 1.28. The Kier molecular flexibility index (Phi) is 1.78.